The Balaban J connectivity index is 1.59. The molecular weight excluding hydrogens is 552 g/mol. The minimum Gasteiger partial charge on any atom is -0.382 e. The topological polar surface area (TPSA) is 152 Å². The molecule has 0 radical (unpaired) electrons. The third kappa shape index (κ3) is 6.69. The number of anilines is 1. The second kappa shape index (κ2) is 12.3. The van der Waals surface area contributed by atoms with E-state index < -0.39 is 48.9 Å². The zero-order valence-electron chi connectivity index (χ0n) is 21.5. The van der Waals surface area contributed by atoms with Gasteiger partial charge in [0.1, 0.15) is 17.6 Å². The van der Waals surface area contributed by atoms with Crippen molar-refractivity contribution >= 4 is 35.3 Å². The monoisotopic (exact) mass is 577 g/mol. The molecule has 0 saturated carbocycles. The predicted octanol–water partition coefficient (Wildman–Crippen LogP) is 3.14. The lowest BCUT2D eigenvalue weighted by Crippen LogP contribution is -2.58. The standard InChI is InChI=1S/C25H26ClF2N7O5/c1-3-17-21(34-40-33-17)23(37)32-20(14-4-6-16(26)7-5-14)22(36)31-19-10-15(8-9-29-19)18(11-39-2)35-13-25(27,28)12-30-24(35)38/h4-10,18,20H,3,11-13H2,1-2H3,(H,30,38)(H,32,37)(H,29,31,36)/t18-,20+/m1/s1. The molecule has 2 atom stereocenters. The van der Waals surface area contributed by atoms with E-state index in [-0.39, 0.29) is 18.1 Å². The van der Waals surface area contributed by atoms with Crippen LogP contribution in [0, 0.1) is 0 Å². The van der Waals surface area contributed by atoms with Crippen molar-refractivity contribution in [2.24, 2.45) is 0 Å². The van der Waals surface area contributed by atoms with E-state index in [0.29, 0.717) is 28.3 Å². The van der Waals surface area contributed by atoms with Gasteiger partial charge >= 0.3 is 6.03 Å². The number of nitrogens with zero attached hydrogens (tertiary/aromatic N) is 4. The molecule has 4 rings (SSSR count). The highest BCUT2D eigenvalue weighted by Crippen LogP contribution is 2.29. The van der Waals surface area contributed by atoms with Gasteiger partial charge in [0.2, 0.25) is 0 Å². The first kappa shape index (κ1) is 28.8. The Morgan fingerprint density at radius 1 is 1.23 bits per heavy atom. The Labute approximate surface area is 232 Å². The highest BCUT2D eigenvalue weighted by atomic mass is 35.5. The molecule has 1 aromatic carbocycles. The van der Waals surface area contributed by atoms with Crippen LogP contribution in [0.2, 0.25) is 5.02 Å². The van der Waals surface area contributed by atoms with E-state index in [9.17, 15) is 23.2 Å². The predicted molar refractivity (Wildman–Crippen MR) is 138 cm³/mol. The van der Waals surface area contributed by atoms with E-state index in [0.717, 1.165) is 4.90 Å². The van der Waals surface area contributed by atoms with Crippen molar-refractivity contribution in [3.8, 4) is 0 Å². The largest absolute Gasteiger partial charge is 0.382 e. The van der Waals surface area contributed by atoms with Gasteiger partial charge in [-0.2, -0.15) is 0 Å². The number of halogens is 3. The molecule has 1 saturated heterocycles. The van der Waals surface area contributed by atoms with Crippen LogP contribution >= 0.6 is 11.6 Å². The highest BCUT2D eigenvalue weighted by molar-refractivity contribution is 6.30. The average molecular weight is 578 g/mol. The molecular formula is C25H26ClF2N7O5. The molecule has 0 unspecified atom stereocenters. The van der Waals surface area contributed by atoms with Crippen molar-refractivity contribution in [3.05, 3.63) is 70.1 Å². The molecule has 3 aromatic rings. The number of aromatic nitrogens is 3. The summed E-state index contributed by atoms with van der Waals surface area (Å²) in [5, 5.41) is 15.2. The first-order chi connectivity index (χ1) is 19.1. The fourth-order valence-corrected chi connectivity index (χ4v) is 4.27. The van der Waals surface area contributed by atoms with Crippen LogP contribution in [0.15, 0.2) is 47.2 Å². The Kier molecular flexibility index (Phi) is 8.90. The Hall–Kier alpha value is -4.17. The molecule has 1 aliphatic rings. The van der Waals surface area contributed by atoms with E-state index in [4.69, 9.17) is 16.3 Å². The van der Waals surface area contributed by atoms with Crippen LogP contribution in [-0.4, -0.2) is 70.8 Å². The fraction of sp³-hybridized carbons (Fsp3) is 0.360. The number of urea groups is 1. The minimum atomic E-state index is -3.13. The smallest absolute Gasteiger partial charge is 0.318 e. The summed E-state index contributed by atoms with van der Waals surface area (Å²) in [5.41, 5.74) is 1.06. The molecule has 12 nitrogen and oxygen atoms in total. The van der Waals surface area contributed by atoms with Gasteiger partial charge in [0.25, 0.3) is 17.7 Å². The molecule has 15 heteroatoms. The van der Waals surface area contributed by atoms with Gasteiger partial charge in [0.15, 0.2) is 5.69 Å². The van der Waals surface area contributed by atoms with E-state index in [1.807, 2.05) is 0 Å². The second-order valence-corrected chi connectivity index (χ2v) is 9.38. The normalized spacial score (nSPS) is 16.1. The first-order valence-electron chi connectivity index (χ1n) is 12.2. The van der Waals surface area contributed by atoms with Gasteiger partial charge < -0.3 is 25.6 Å². The summed E-state index contributed by atoms with van der Waals surface area (Å²) in [5.74, 6) is -4.43. The number of carbonyl (C=O) groups excluding carboxylic acids is 3. The molecule has 3 N–H and O–H groups in total. The van der Waals surface area contributed by atoms with Crippen molar-refractivity contribution in [1.29, 1.82) is 0 Å². The van der Waals surface area contributed by atoms with Crippen molar-refractivity contribution in [2.75, 3.05) is 32.1 Å². The molecule has 3 heterocycles. The number of rotatable bonds is 10. The summed E-state index contributed by atoms with van der Waals surface area (Å²) in [6.45, 7) is 0.111. The third-order valence-corrected chi connectivity index (χ3v) is 6.38. The number of alkyl halides is 2. The summed E-state index contributed by atoms with van der Waals surface area (Å²) < 4.78 is 38.1. The zero-order valence-corrected chi connectivity index (χ0v) is 22.2. The van der Waals surface area contributed by atoms with Crippen LogP contribution in [0.1, 0.15) is 46.3 Å². The number of ether oxygens (including phenoxy) is 1. The van der Waals surface area contributed by atoms with Gasteiger partial charge in [-0.15, -0.1) is 0 Å². The number of carbonyl (C=O) groups is 3. The summed E-state index contributed by atoms with van der Waals surface area (Å²) >= 11 is 6.00. The Morgan fingerprint density at radius 3 is 2.67 bits per heavy atom. The SMILES string of the molecule is CCc1nonc1C(=O)N[C@H](C(=O)Nc1cc([C@@H](COC)N2CC(F)(F)CNC2=O)ccn1)c1ccc(Cl)cc1. The zero-order chi connectivity index (χ0) is 28.9. The van der Waals surface area contributed by atoms with Crippen LogP contribution in [0.25, 0.3) is 0 Å². The van der Waals surface area contributed by atoms with Crippen molar-refractivity contribution in [2.45, 2.75) is 31.4 Å². The van der Waals surface area contributed by atoms with E-state index >= 15 is 0 Å². The van der Waals surface area contributed by atoms with Gasteiger partial charge in [-0.05, 0) is 47.0 Å². The van der Waals surface area contributed by atoms with Gasteiger partial charge in [-0.25, -0.2) is 23.2 Å². The highest BCUT2D eigenvalue weighted by Gasteiger charge is 2.42. The number of hydrogen-bond donors (Lipinski definition) is 3. The summed E-state index contributed by atoms with van der Waals surface area (Å²) in [6, 6.07) is 6.46. The van der Waals surface area contributed by atoms with Crippen LogP contribution in [-0.2, 0) is 16.0 Å². The summed E-state index contributed by atoms with van der Waals surface area (Å²) in [7, 11) is 1.38. The van der Waals surface area contributed by atoms with E-state index in [1.54, 1.807) is 31.2 Å². The Bertz CT molecular complexity index is 1370. The molecule has 4 amide bonds. The van der Waals surface area contributed by atoms with E-state index in [1.165, 1.54) is 25.4 Å². The third-order valence-electron chi connectivity index (χ3n) is 6.13. The molecule has 0 spiro atoms. The molecule has 0 bridgehead atoms. The van der Waals surface area contributed by atoms with Gasteiger partial charge in [0, 0.05) is 18.3 Å². The van der Waals surface area contributed by atoms with Crippen LogP contribution in [0.4, 0.5) is 19.4 Å². The summed E-state index contributed by atoms with van der Waals surface area (Å²) in [6.07, 6.45) is 1.74. The van der Waals surface area contributed by atoms with Gasteiger partial charge in [0.05, 0.1) is 25.7 Å². The number of pyridine rings is 1. The number of aryl methyl sites for hydroxylation is 1. The number of methoxy groups -OCH3 is 1. The van der Waals surface area contributed by atoms with Gasteiger partial charge in [-0.1, -0.05) is 35.8 Å². The average Bonchev–Trinajstić information content (AvgIpc) is 3.42. The maximum atomic E-state index is 14.1. The number of hydrogen-bond acceptors (Lipinski definition) is 8. The second-order valence-electron chi connectivity index (χ2n) is 8.95. The molecule has 40 heavy (non-hydrogen) atoms. The van der Waals surface area contributed by atoms with Crippen molar-refractivity contribution in [3.63, 3.8) is 0 Å². The van der Waals surface area contributed by atoms with Crippen LogP contribution < -0.4 is 16.0 Å². The first-order valence-corrected chi connectivity index (χ1v) is 12.6. The number of amides is 4. The molecule has 1 fully saturated rings. The molecule has 212 valence electrons. The minimum absolute atomic E-state index is 0.0540. The van der Waals surface area contributed by atoms with E-state index in [2.05, 4.69) is 35.9 Å². The fourth-order valence-electron chi connectivity index (χ4n) is 4.15. The molecule has 2 aromatic heterocycles. The number of benzene rings is 1. The molecule has 1 aliphatic heterocycles. The number of nitrogens with one attached hydrogen (secondary N) is 3. The summed E-state index contributed by atoms with van der Waals surface area (Å²) in [4.78, 5) is 43.9. The van der Waals surface area contributed by atoms with Crippen LogP contribution in [0.3, 0.4) is 0 Å². The lowest BCUT2D eigenvalue weighted by Gasteiger charge is -2.38. The lowest BCUT2D eigenvalue weighted by molar-refractivity contribution is -0.118. The molecule has 0 aliphatic carbocycles. The Morgan fingerprint density at radius 2 is 1.98 bits per heavy atom. The van der Waals surface area contributed by atoms with Crippen molar-refractivity contribution < 1.29 is 32.5 Å². The maximum Gasteiger partial charge on any atom is 0.318 e. The van der Waals surface area contributed by atoms with Crippen LogP contribution in [0.5, 0.6) is 0 Å². The lowest BCUT2D eigenvalue weighted by atomic mass is 10.0. The maximum absolute atomic E-state index is 14.1. The quantitative estimate of drug-likeness (QED) is 0.332. The van der Waals surface area contributed by atoms with Gasteiger partial charge in [-0.3, -0.25) is 9.59 Å². The van der Waals surface area contributed by atoms with Crippen molar-refractivity contribution in [1.82, 2.24) is 30.8 Å².